The van der Waals surface area contributed by atoms with E-state index in [9.17, 15) is 4.79 Å². The minimum atomic E-state index is -0.655. The quantitative estimate of drug-likeness (QED) is 0.785. The Morgan fingerprint density at radius 3 is 3.15 bits per heavy atom. The van der Waals surface area contributed by atoms with E-state index in [0.29, 0.717) is 12.2 Å². The molecule has 1 heterocycles. The minimum Gasteiger partial charge on any atom is -0.354 e. The lowest BCUT2D eigenvalue weighted by Gasteiger charge is -2.06. The maximum atomic E-state index is 11.3. The number of hydrogen-bond donors (Lipinski definition) is 1. The lowest BCUT2D eigenvalue weighted by Crippen LogP contribution is -2.27. The fourth-order valence-electron chi connectivity index (χ4n) is 0.819. The van der Waals surface area contributed by atoms with E-state index in [4.69, 9.17) is 11.6 Å². The number of amides is 1. The molecule has 0 aliphatic heterocycles. The van der Waals surface area contributed by atoms with Gasteiger partial charge in [0.2, 0.25) is 5.91 Å². The molecule has 1 rings (SSSR count). The fourth-order valence-corrected chi connectivity index (χ4v) is 1.67. The average Bonchev–Trinajstić information content (AvgIpc) is 2.65. The first-order chi connectivity index (χ1) is 6.25. The van der Waals surface area contributed by atoms with Gasteiger partial charge < -0.3 is 5.32 Å². The molecular weight excluding hydrogens is 208 g/mol. The van der Waals surface area contributed by atoms with Crippen molar-refractivity contribution in [2.45, 2.75) is 18.7 Å². The fraction of sp³-hybridized carbons (Fsp3) is 0.500. The average molecular weight is 219 g/mol. The van der Waals surface area contributed by atoms with Crippen LogP contribution >= 0.6 is 22.9 Å². The van der Waals surface area contributed by atoms with Crippen LogP contribution in [0.3, 0.4) is 0 Å². The molecule has 0 radical (unpaired) electrons. The largest absolute Gasteiger partial charge is 0.354 e. The highest BCUT2D eigenvalue weighted by atomic mass is 35.5. The third-order valence-electron chi connectivity index (χ3n) is 1.49. The number of aromatic nitrogens is 1. The van der Waals surface area contributed by atoms with Crippen LogP contribution in [-0.4, -0.2) is 17.4 Å². The molecule has 3 nitrogen and oxygen atoms in total. The van der Waals surface area contributed by atoms with Gasteiger partial charge in [-0.25, -0.2) is 4.98 Å². The predicted octanol–water partition coefficient (Wildman–Crippen LogP) is 1.95. The molecule has 0 bridgehead atoms. The van der Waals surface area contributed by atoms with Gasteiger partial charge in [-0.3, -0.25) is 4.79 Å². The number of halogens is 1. The van der Waals surface area contributed by atoms with Crippen LogP contribution in [0.5, 0.6) is 0 Å². The van der Waals surface area contributed by atoms with Crippen molar-refractivity contribution in [2.75, 3.05) is 6.54 Å². The molecule has 0 spiro atoms. The monoisotopic (exact) mass is 218 g/mol. The van der Waals surface area contributed by atoms with Gasteiger partial charge in [0, 0.05) is 11.9 Å². The standard InChI is InChI=1S/C8H11ClN2OS/c1-2-3-10-8(12)7(9)6-4-13-5-11-6/h4-5,7H,2-3H2,1H3,(H,10,12). The maximum absolute atomic E-state index is 11.3. The molecule has 1 unspecified atom stereocenters. The maximum Gasteiger partial charge on any atom is 0.244 e. The molecule has 1 aromatic rings. The van der Waals surface area contributed by atoms with Crippen molar-refractivity contribution in [3.8, 4) is 0 Å². The van der Waals surface area contributed by atoms with Crippen LogP contribution in [-0.2, 0) is 4.79 Å². The van der Waals surface area contributed by atoms with E-state index in [2.05, 4.69) is 10.3 Å². The van der Waals surface area contributed by atoms with Gasteiger partial charge in [-0.05, 0) is 6.42 Å². The minimum absolute atomic E-state index is 0.172. The molecule has 0 saturated carbocycles. The zero-order valence-electron chi connectivity index (χ0n) is 7.29. The Bertz CT molecular complexity index is 263. The molecular formula is C8H11ClN2OS. The number of nitrogens with zero attached hydrogens (tertiary/aromatic N) is 1. The van der Waals surface area contributed by atoms with Crippen LogP contribution in [0.1, 0.15) is 24.4 Å². The number of rotatable bonds is 4. The summed E-state index contributed by atoms with van der Waals surface area (Å²) in [4.78, 5) is 15.3. The van der Waals surface area contributed by atoms with Crippen molar-refractivity contribution >= 4 is 28.8 Å². The Hall–Kier alpha value is -0.610. The smallest absolute Gasteiger partial charge is 0.244 e. The lowest BCUT2D eigenvalue weighted by atomic mass is 10.3. The van der Waals surface area contributed by atoms with E-state index in [0.717, 1.165) is 6.42 Å². The molecule has 0 aliphatic carbocycles. The topological polar surface area (TPSA) is 42.0 Å². The van der Waals surface area contributed by atoms with Crippen molar-refractivity contribution in [1.29, 1.82) is 0 Å². The molecule has 1 amide bonds. The van der Waals surface area contributed by atoms with Gasteiger partial charge in [-0.2, -0.15) is 0 Å². The van der Waals surface area contributed by atoms with Crippen LogP contribution in [0, 0.1) is 0 Å². The SMILES string of the molecule is CCCNC(=O)C(Cl)c1cscn1. The first-order valence-corrected chi connectivity index (χ1v) is 5.43. The summed E-state index contributed by atoms with van der Waals surface area (Å²) in [6.07, 6.45) is 0.909. The molecule has 72 valence electrons. The predicted molar refractivity (Wildman–Crippen MR) is 54.0 cm³/mol. The summed E-state index contributed by atoms with van der Waals surface area (Å²) in [5.74, 6) is -0.172. The number of hydrogen-bond acceptors (Lipinski definition) is 3. The Labute approximate surface area is 86.1 Å². The number of carbonyl (C=O) groups excluding carboxylic acids is 1. The molecule has 5 heteroatoms. The van der Waals surface area contributed by atoms with Gasteiger partial charge in [0.15, 0.2) is 5.38 Å². The van der Waals surface area contributed by atoms with Crippen LogP contribution in [0.4, 0.5) is 0 Å². The second-order valence-electron chi connectivity index (χ2n) is 2.57. The van der Waals surface area contributed by atoms with Crippen LogP contribution in [0.15, 0.2) is 10.9 Å². The second kappa shape index (κ2) is 5.19. The van der Waals surface area contributed by atoms with E-state index >= 15 is 0 Å². The lowest BCUT2D eigenvalue weighted by molar-refractivity contribution is -0.120. The summed E-state index contributed by atoms with van der Waals surface area (Å²) in [5.41, 5.74) is 2.29. The summed E-state index contributed by atoms with van der Waals surface area (Å²) in [6, 6.07) is 0. The van der Waals surface area contributed by atoms with Crippen LogP contribution < -0.4 is 5.32 Å². The van der Waals surface area contributed by atoms with E-state index < -0.39 is 5.38 Å². The first-order valence-electron chi connectivity index (χ1n) is 4.05. The highest BCUT2D eigenvalue weighted by molar-refractivity contribution is 7.07. The molecule has 0 aliphatic rings. The number of alkyl halides is 1. The van der Waals surface area contributed by atoms with Gasteiger partial charge in [0.1, 0.15) is 0 Å². The Balaban J connectivity index is 2.48. The van der Waals surface area contributed by atoms with Gasteiger partial charge in [-0.15, -0.1) is 22.9 Å². The second-order valence-corrected chi connectivity index (χ2v) is 3.72. The van der Waals surface area contributed by atoms with E-state index in [1.54, 1.807) is 10.9 Å². The summed E-state index contributed by atoms with van der Waals surface area (Å²) in [7, 11) is 0. The number of thiazole rings is 1. The van der Waals surface area contributed by atoms with Gasteiger partial charge in [0.05, 0.1) is 11.2 Å². The van der Waals surface area contributed by atoms with Gasteiger partial charge in [0.25, 0.3) is 0 Å². The van der Waals surface area contributed by atoms with E-state index in [1.807, 2.05) is 6.92 Å². The van der Waals surface area contributed by atoms with E-state index in [-0.39, 0.29) is 5.91 Å². The zero-order chi connectivity index (χ0) is 9.68. The van der Waals surface area contributed by atoms with Crippen molar-refractivity contribution in [3.63, 3.8) is 0 Å². The van der Waals surface area contributed by atoms with Crippen molar-refractivity contribution in [2.24, 2.45) is 0 Å². The normalized spacial score (nSPS) is 12.5. The Kier molecular flexibility index (Phi) is 4.18. The van der Waals surface area contributed by atoms with Crippen LogP contribution in [0.2, 0.25) is 0 Å². The zero-order valence-corrected chi connectivity index (χ0v) is 8.86. The molecule has 1 aromatic heterocycles. The Morgan fingerprint density at radius 2 is 2.62 bits per heavy atom. The summed E-state index contributed by atoms with van der Waals surface area (Å²) in [6.45, 7) is 2.65. The van der Waals surface area contributed by atoms with Gasteiger partial charge >= 0.3 is 0 Å². The molecule has 0 saturated heterocycles. The third kappa shape index (κ3) is 2.97. The summed E-state index contributed by atoms with van der Waals surface area (Å²) in [5, 5.41) is 3.84. The first kappa shape index (κ1) is 10.5. The Morgan fingerprint density at radius 1 is 1.85 bits per heavy atom. The summed E-state index contributed by atoms with van der Waals surface area (Å²) >= 11 is 7.30. The number of nitrogens with one attached hydrogen (secondary N) is 1. The molecule has 1 N–H and O–H groups in total. The van der Waals surface area contributed by atoms with Gasteiger partial charge in [-0.1, -0.05) is 6.92 Å². The van der Waals surface area contributed by atoms with Crippen molar-refractivity contribution in [3.05, 3.63) is 16.6 Å². The van der Waals surface area contributed by atoms with Crippen LogP contribution in [0.25, 0.3) is 0 Å². The highest BCUT2D eigenvalue weighted by Gasteiger charge is 2.18. The van der Waals surface area contributed by atoms with E-state index in [1.165, 1.54) is 11.3 Å². The third-order valence-corrected chi connectivity index (χ3v) is 2.52. The highest BCUT2D eigenvalue weighted by Crippen LogP contribution is 2.19. The molecule has 13 heavy (non-hydrogen) atoms. The molecule has 0 fully saturated rings. The van der Waals surface area contributed by atoms with Crippen molar-refractivity contribution in [1.82, 2.24) is 10.3 Å². The number of carbonyl (C=O) groups is 1. The van der Waals surface area contributed by atoms with Crippen molar-refractivity contribution < 1.29 is 4.79 Å². The molecule has 1 atom stereocenters. The summed E-state index contributed by atoms with van der Waals surface area (Å²) < 4.78 is 0. The molecule has 0 aromatic carbocycles.